The monoisotopic (exact) mass is 219 g/mol. The standard InChI is InChI=1S/C9H18BrN/c1-3-8(2)6-11-5-4-9(10)7-11/h8-9H,3-7H2,1-2H3. The molecule has 1 saturated heterocycles. The summed E-state index contributed by atoms with van der Waals surface area (Å²) in [6, 6.07) is 0. The van der Waals surface area contributed by atoms with E-state index in [0.717, 1.165) is 10.7 Å². The predicted octanol–water partition coefficient (Wildman–Crippen LogP) is 2.50. The van der Waals surface area contributed by atoms with Crippen LogP contribution in [0.25, 0.3) is 0 Å². The number of nitrogens with zero attached hydrogens (tertiary/aromatic N) is 1. The topological polar surface area (TPSA) is 3.24 Å². The first-order valence-electron chi connectivity index (χ1n) is 4.58. The van der Waals surface area contributed by atoms with E-state index in [1.54, 1.807) is 0 Å². The summed E-state index contributed by atoms with van der Waals surface area (Å²) in [4.78, 5) is 3.32. The third-order valence-electron chi connectivity index (χ3n) is 2.48. The Kier molecular flexibility index (Phi) is 3.86. The highest BCUT2D eigenvalue weighted by atomic mass is 79.9. The number of hydrogen-bond donors (Lipinski definition) is 0. The summed E-state index contributed by atoms with van der Waals surface area (Å²) in [6.45, 7) is 8.44. The first-order valence-corrected chi connectivity index (χ1v) is 5.50. The largest absolute Gasteiger partial charge is 0.302 e. The van der Waals surface area contributed by atoms with E-state index in [4.69, 9.17) is 0 Å². The fourth-order valence-corrected chi connectivity index (χ4v) is 2.14. The zero-order valence-corrected chi connectivity index (χ0v) is 9.10. The number of likely N-dealkylation sites (tertiary alicyclic amines) is 1. The van der Waals surface area contributed by atoms with Crippen molar-refractivity contribution in [2.75, 3.05) is 19.6 Å². The molecule has 0 aliphatic carbocycles. The smallest absolute Gasteiger partial charge is 0.0285 e. The zero-order valence-electron chi connectivity index (χ0n) is 7.52. The van der Waals surface area contributed by atoms with Crippen molar-refractivity contribution >= 4 is 15.9 Å². The first-order chi connectivity index (χ1) is 5.22. The molecule has 0 radical (unpaired) electrons. The van der Waals surface area contributed by atoms with Gasteiger partial charge in [-0.15, -0.1) is 0 Å². The van der Waals surface area contributed by atoms with Gasteiger partial charge in [0.1, 0.15) is 0 Å². The normalized spacial score (nSPS) is 29.2. The van der Waals surface area contributed by atoms with Crippen LogP contribution in [-0.2, 0) is 0 Å². The molecule has 0 aromatic carbocycles. The van der Waals surface area contributed by atoms with E-state index in [0.29, 0.717) is 0 Å². The fraction of sp³-hybridized carbons (Fsp3) is 1.00. The molecule has 66 valence electrons. The van der Waals surface area contributed by atoms with E-state index in [-0.39, 0.29) is 0 Å². The summed E-state index contributed by atoms with van der Waals surface area (Å²) in [6.07, 6.45) is 2.64. The van der Waals surface area contributed by atoms with Gasteiger partial charge in [0.05, 0.1) is 0 Å². The Bertz CT molecular complexity index is 116. The molecule has 1 nitrogen and oxygen atoms in total. The van der Waals surface area contributed by atoms with Crippen molar-refractivity contribution in [2.24, 2.45) is 5.92 Å². The maximum Gasteiger partial charge on any atom is 0.0285 e. The lowest BCUT2D eigenvalue weighted by molar-refractivity contribution is 0.285. The van der Waals surface area contributed by atoms with Gasteiger partial charge in [-0.1, -0.05) is 36.2 Å². The molecule has 1 heterocycles. The van der Waals surface area contributed by atoms with E-state index in [1.807, 2.05) is 0 Å². The quantitative estimate of drug-likeness (QED) is 0.660. The number of alkyl halides is 1. The molecule has 2 atom stereocenters. The number of halogens is 1. The Morgan fingerprint density at radius 3 is 2.82 bits per heavy atom. The van der Waals surface area contributed by atoms with Crippen molar-refractivity contribution in [3.8, 4) is 0 Å². The molecule has 0 amide bonds. The fourth-order valence-electron chi connectivity index (χ4n) is 1.52. The van der Waals surface area contributed by atoms with E-state index < -0.39 is 0 Å². The third-order valence-corrected chi connectivity index (χ3v) is 3.23. The maximum atomic E-state index is 3.65. The van der Waals surface area contributed by atoms with Crippen LogP contribution in [0.3, 0.4) is 0 Å². The lowest BCUT2D eigenvalue weighted by atomic mass is 10.1. The Morgan fingerprint density at radius 2 is 2.36 bits per heavy atom. The third kappa shape index (κ3) is 3.12. The molecule has 11 heavy (non-hydrogen) atoms. The van der Waals surface area contributed by atoms with E-state index in [2.05, 4.69) is 34.7 Å². The van der Waals surface area contributed by atoms with Crippen LogP contribution < -0.4 is 0 Å². The lowest BCUT2D eigenvalue weighted by Gasteiger charge is -2.18. The lowest BCUT2D eigenvalue weighted by Crippen LogP contribution is -2.26. The molecule has 0 bridgehead atoms. The van der Waals surface area contributed by atoms with Gasteiger partial charge in [0.2, 0.25) is 0 Å². The molecule has 1 aliphatic heterocycles. The second-order valence-electron chi connectivity index (χ2n) is 3.66. The average molecular weight is 220 g/mol. The molecular weight excluding hydrogens is 202 g/mol. The van der Waals surface area contributed by atoms with Crippen LogP contribution in [0.4, 0.5) is 0 Å². The van der Waals surface area contributed by atoms with Gasteiger partial charge in [-0.25, -0.2) is 0 Å². The Labute approximate surface area is 78.3 Å². The Balaban J connectivity index is 2.17. The minimum atomic E-state index is 0.756. The molecule has 0 aromatic rings. The van der Waals surface area contributed by atoms with Crippen LogP contribution in [-0.4, -0.2) is 29.4 Å². The van der Waals surface area contributed by atoms with Crippen LogP contribution in [0.2, 0.25) is 0 Å². The Hall–Kier alpha value is 0.440. The van der Waals surface area contributed by atoms with Crippen molar-refractivity contribution in [3.05, 3.63) is 0 Å². The average Bonchev–Trinajstić information content (AvgIpc) is 2.35. The van der Waals surface area contributed by atoms with Crippen LogP contribution in [0.15, 0.2) is 0 Å². The van der Waals surface area contributed by atoms with Gasteiger partial charge in [0.25, 0.3) is 0 Å². The van der Waals surface area contributed by atoms with Gasteiger partial charge in [-0.2, -0.15) is 0 Å². The summed E-state index contributed by atoms with van der Waals surface area (Å²) in [7, 11) is 0. The highest BCUT2D eigenvalue weighted by Gasteiger charge is 2.20. The zero-order chi connectivity index (χ0) is 8.27. The van der Waals surface area contributed by atoms with Gasteiger partial charge < -0.3 is 4.90 Å². The van der Waals surface area contributed by atoms with Crippen molar-refractivity contribution in [1.82, 2.24) is 4.90 Å². The molecule has 1 rings (SSSR count). The molecule has 0 saturated carbocycles. The molecule has 0 N–H and O–H groups in total. The molecule has 2 heteroatoms. The van der Waals surface area contributed by atoms with Crippen molar-refractivity contribution in [3.63, 3.8) is 0 Å². The van der Waals surface area contributed by atoms with E-state index >= 15 is 0 Å². The minimum Gasteiger partial charge on any atom is -0.302 e. The van der Waals surface area contributed by atoms with Crippen molar-refractivity contribution in [2.45, 2.75) is 31.5 Å². The second kappa shape index (κ2) is 4.46. The Morgan fingerprint density at radius 1 is 1.64 bits per heavy atom. The van der Waals surface area contributed by atoms with E-state index in [9.17, 15) is 0 Å². The van der Waals surface area contributed by atoms with Crippen molar-refractivity contribution in [1.29, 1.82) is 0 Å². The van der Waals surface area contributed by atoms with Crippen LogP contribution in [0.1, 0.15) is 26.7 Å². The summed E-state index contributed by atoms with van der Waals surface area (Å²) < 4.78 is 0. The van der Waals surface area contributed by atoms with Crippen LogP contribution in [0, 0.1) is 5.92 Å². The summed E-state index contributed by atoms with van der Waals surface area (Å²) in [5.41, 5.74) is 0. The molecule has 1 fully saturated rings. The highest BCUT2D eigenvalue weighted by Crippen LogP contribution is 2.18. The number of hydrogen-bond acceptors (Lipinski definition) is 1. The molecular formula is C9H18BrN. The van der Waals surface area contributed by atoms with E-state index in [1.165, 1.54) is 32.5 Å². The van der Waals surface area contributed by atoms with Gasteiger partial charge in [-0.3, -0.25) is 0 Å². The van der Waals surface area contributed by atoms with Gasteiger partial charge in [0, 0.05) is 17.9 Å². The van der Waals surface area contributed by atoms with Gasteiger partial charge in [-0.05, 0) is 18.9 Å². The highest BCUT2D eigenvalue weighted by molar-refractivity contribution is 9.09. The SMILES string of the molecule is CCC(C)CN1CCC(Br)C1. The van der Waals surface area contributed by atoms with Crippen LogP contribution >= 0.6 is 15.9 Å². The molecule has 0 aromatic heterocycles. The maximum absolute atomic E-state index is 3.65. The summed E-state index contributed by atoms with van der Waals surface area (Å²) in [5.74, 6) is 0.868. The number of rotatable bonds is 3. The summed E-state index contributed by atoms with van der Waals surface area (Å²) in [5, 5.41) is 0. The van der Waals surface area contributed by atoms with Gasteiger partial charge in [0.15, 0.2) is 0 Å². The summed E-state index contributed by atoms with van der Waals surface area (Å²) >= 11 is 3.65. The molecule has 2 unspecified atom stereocenters. The molecule has 1 aliphatic rings. The minimum absolute atomic E-state index is 0.756. The van der Waals surface area contributed by atoms with Crippen LogP contribution in [0.5, 0.6) is 0 Å². The van der Waals surface area contributed by atoms with Gasteiger partial charge >= 0.3 is 0 Å². The predicted molar refractivity (Wildman–Crippen MR) is 53.2 cm³/mol. The second-order valence-corrected chi connectivity index (χ2v) is 4.95. The van der Waals surface area contributed by atoms with Crippen molar-refractivity contribution < 1.29 is 0 Å². The first kappa shape index (κ1) is 9.53. The molecule has 0 spiro atoms.